The molecule has 0 spiro atoms. The topological polar surface area (TPSA) is 19.9 Å². The van der Waals surface area contributed by atoms with E-state index in [9.17, 15) is 5.11 Å². The van der Waals surface area contributed by atoms with Gasteiger partial charge in [0.05, 0.1) is 6.10 Å². The van der Waals surface area contributed by atoms with Crippen LogP contribution in [-0.4, -0.2) is 6.10 Å². The summed E-state index contributed by atoms with van der Waals surface area (Å²) in [6, 6.07) is 0. The van der Waals surface area contributed by atoms with E-state index in [1.54, 1.807) is 6.92 Å². The predicted octanol–water partition coefficient (Wildman–Crippen LogP) is 1.42. The van der Waals surface area contributed by atoms with Crippen LogP contribution in [0.2, 0.25) is 0 Å². The molecule has 0 aliphatic rings. The Balaban J connectivity index is 2.63. The average Bonchev–Trinajstić information content (AvgIpc) is 1.35. The summed E-state index contributed by atoms with van der Waals surface area (Å²) in [5.41, 5.74) is 0. The Bertz CT molecular complexity index is 25.1. The first-order valence-corrected chi connectivity index (χ1v) is 2.22. The molecule has 2 radical (unpaired) electrons. The van der Waals surface area contributed by atoms with E-state index in [0.29, 0.717) is 6.42 Å². The van der Waals surface area contributed by atoms with Crippen molar-refractivity contribution in [3.8, 4) is 0 Å². The molecule has 36 valence electrons. The number of hydrogen-bond donors (Lipinski definition) is 0. The van der Waals surface area contributed by atoms with Crippen molar-refractivity contribution >= 4 is 0 Å². The molecule has 0 saturated heterocycles. The first-order valence-electron chi connectivity index (χ1n) is 2.22. The molecule has 6 heavy (non-hydrogen) atoms. The van der Waals surface area contributed by atoms with E-state index in [2.05, 4.69) is 6.92 Å². The van der Waals surface area contributed by atoms with Gasteiger partial charge in [0.1, 0.15) is 0 Å². The Hall–Kier alpha value is -0.0400. The Labute approximate surface area is 39.0 Å². The summed E-state index contributed by atoms with van der Waals surface area (Å²) in [6.45, 7) is 5.18. The summed E-state index contributed by atoms with van der Waals surface area (Å²) >= 11 is 0. The van der Waals surface area contributed by atoms with E-state index in [0.717, 1.165) is 6.42 Å². The lowest BCUT2D eigenvalue weighted by atomic mass is 10.2. The van der Waals surface area contributed by atoms with Gasteiger partial charge in [-0.2, -0.15) is 0 Å². The molecule has 1 atom stereocenters. The van der Waals surface area contributed by atoms with Crippen LogP contribution in [0.3, 0.4) is 0 Å². The summed E-state index contributed by atoms with van der Waals surface area (Å²) in [5, 5.41) is 10.1. The maximum atomic E-state index is 10.1. The third-order valence-electron chi connectivity index (χ3n) is 0.611. The largest absolute Gasteiger partial charge is 0.233 e. The molecule has 0 amide bonds. The zero-order valence-electron chi connectivity index (χ0n) is 4.11. The van der Waals surface area contributed by atoms with Crippen LogP contribution < -0.4 is 0 Å². The first-order chi connectivity index (χ1) is 2.77. The van der Waals surface area contributed by atoms with E-state index >= 15 is 0 Å². The highest BCUT2D eigenvalue weighted by atomic mass is 16.3. The Kier molecular flexibility index (Phi) is 3.14. The van der Waals surface area contributed by atoms with Gasteiger partial charge in [0.2, 0.25) is 0 Å². The SMILES string of the molecule is [CH2]CCC(C)[O]. The molecule has 1 unspecified atom stereocenters. The fourth-order valence-corrected chi connectivity index (χ4v) is 0.287. The zero-order valence-corrected chi connectivity index (χ0v) is 4.11. The Morgan fingerprint density at radius 2 is 2.33 bits per heavy atom. The van der Waals surface area contributed by atoms with Gasteiger partial charge in [-0.05, 0) is 13.3 Å². The van der Waals surface area contributed by atoms with E-state index in [-0.39, 0.29) is 0 Å². The van der Waals surface area contributed by atoms with Crippen LogP contribution in [0.1, 0.15) is 19.8 Å². The van der Waals surface area contributed by atoms with Crippen LogP contribution in [-0.2, 0) is 5.11 Å². The molecule has 0 saturated carbocycles. The molecule has 0 fully saturated rings. The van der Waals surface area contributed by atoms with Gasteiger partial charge >= 0.3 is 0 Å². The van der Waals surface area contributed by atoms with E-state index in [4.69, 9.17) is 0 Å². The summed E-state index contributed by atoms with van der Waals surface area (Å²) in [4.78, 5) is 0. The Morgan fingerprint density at radius 1 is 1.83 bits per heavy atom. The summed E-state index contributed by atoms with van der Waals surface area (Å²) < 4.78 is 0. The lowest BCUT2D eigenvalue weighted by Gasteiger charge is -1.91. The van der Waals surface area contributed by atoms with Crippen molar-refractivity contribution in [2.45, 2.75) is 25.9 Å². The second-order valence-corrected chi connectivity index (χ2v) is 1.45. The standard InChI is InChI=1S/C5H10O/c1-3-4-5(2)6/h5H,1,3-4H2,2H3. The molecule has 0 aliphatic carbocycles. The van der Waals surface area contributed by atoms with Gasteiger partial charge in [-0.15, -0.1) is 0 Å². The van der Waals surface area contributed by atoms with Crippen LogP contribution in [0.25, 0.3) is 0 Å². The normalized spacial score (nSPS) is 14.5. The van der Waals surface area contributed by atoms with Crippen LogP contribution in [0, 0.1) is 6.92 Å². The van der Waals surface area contributed by atoms with Crippen LogP contribution >= 0.6 is 0 Å². The fourth-order valence-electron chi connectivity index (χ4n) is 0.287. The number of hydrogen-bond acceptors (Lipinski definition) is 0. The molecule has 0 aromatic rings. The molecule has 1 heteroatoms. The minimum atomic E-state index is -0.414. The Morgan fingerprint density at radius 3 is 2.33 bits per heavy atom. The third-order valence-corrected chi connectivity index (χ3v) is 0.611. The van der Waals surface area contributed by atoms with Gasteiger partial charge in [0.25, 0.3) is 0 Å². The molecule has 0 bridgehead atoms. The highest BCUT2D eigenvalue weighted by Gasteiger charge is 1.90. The predicted molar refractivity (Wildman–Crippen MR) is 24.7 cm³/mol. The maximum Gasteiger partial charge on any atom is 0.0902 e. The summed E-state index contributed by atoms with van der Waals surface area (Å²) in [5.74, 6) is 0. The summed E-state index contributed by atoms with van der Waals surface area (Å²) in [6.07, 6.45) is 1.06. The smallest absolute Gasteiger partial charge is 0.0902 e. The molecule has 0 rings (SSSR count). The molecule has 0 aliphatic heterocycles. The third kappa shape index (κ3) is 3.96. The van der Waals surface area contributed by atoms with Crippen LogP contribution in [0.15, 0.2) is 0 Å². The van der Waals surface area contributed by atoms with Gasteiger partial charge in [-0.25, -0.2) is 5.11 Å². The van der Waals surface area contributed by atoms with Gasteiger partial charge in [0, 0.05) is 0 Å². The molecule has 0 N–H and O–H groups in total. The highest BCUT2D eigenvalue weighted by molar-refractivity contribution is 4.46. The van der Waals surface area contributed by atoms with Gasteiger partial charge < -0.3 is 0 Å². The number of rotatable bonds is 2. The summed E-state index contributed by atoms with van der Waals surface area (Å²) in [7, 11) is 0. The highest BCUT2D eigenvalue weighted by Crippen LogP contribution is 1.91. The maximum absolute atomic E-state index is 10.1. The molecule has 0 aromatic heterocycles. The molecular weight excluding hydrogens is 76.1 g/mol. The zero-order chi connectivity index (χ0) is 4.99. The second-order valence-electron chi connectivity index (χ2n) is 1.45. The minimum Gasteiger partial charge on any atom is -0.233 e. The molecule has 1 nitrogen and oxygen atoms in total. The fraction of sp³-hybridized carbons (Fsp3) is 0.800. The lowest BCUT2D eigenvalue weighted by Crippen LogP contribution is -1.93. The second kappa shape index (κ2) is 3.16. The minimum absolute atomic E-state index is 0.414. The van der Waals surface area contributed by atoms with Gasteiger partial charge in [0.15, 0.2) is 0 Å². The molecule has 0 aromatic carbocycles. The van der Waals surface area contributed by atoms with Gasteiger partial charge in [-0.1, -0.05) is 13.3 Å². The van der Waals surface area contributed by atoms with Crippen molar-refractivity contribution in [3.05, 3.63) is 6.92 Å². The van der Waals surface area contributed by atoms with Crippen molar-refractivity contribution in [3.63, 3.8) is 0 Å². The van der Waals surface area contributed by atoms with Crippen LogP contribution in [0.4, 0.5) is 0 Å². The van der Waals surface area contributed by atoms with E-state index < -0.39 is 6.10 Å². The monoisotopic (exact) mass is 86.1 g/mol. The lowest BCUT2D eigenvalue weighted by molar-refractivity contribution is 0.0985. The van der Waals surface area contributed by atoms with Gasteiger partial charge in [-0.3, -0.25) is 0 Å². The molecule has 0 heterocycles. The molecular formula is C5H10O. The van der Waals surface area contributed by atoms with E-state index in [1.165, 1.54) is 0 Å². The van der Waals surface area contributed by atoms with Crippen molar-refractivity contribution in [1.29, 1.82) is 0 Å². The van der Waals surface area contributed by atoms with Crippen molar-refractivity contribution in [1.82, 2.24) is 0 Å². The van der Waals surface area contributed by atoms with Crippen molar-refractivity contribution in [2.24, 2.45) is 0 Å². The van der Waals surface area contributed by atoms with Crippen LogP contribution in [0.5, 0.6) is 0 Å². The first kappa shape index (κ1) is 5.96. The average molecular weight is 86.1 g/mol. The van der Waals surface area contributed by atoms with Crippen molar-refractivity contribution in [2.75, 3.05) is 0 Å². The quantitative estimate of drug-likeness (QED) is 0.484. The van der Waals surface area contributed by atoms with E-state index in [1.807, 2.05) is 0 Å². The van der Waals surface area contributed by atoms with Crippen molar-refractivity contribution < 1.29 is 5.11 Å².